The highest BCUT2D eigenvalue weighted by atomic mass is 32.1. The number of hydrogen-bond donors (Lipinski definition) is 0. The number of rotatable bonds is 3. The van der Waals surface area contributed by atoms with E-state index in [0.29, 0.717) is 5.92 Å². The second kappa shape index (κ2) is 5.79. The lowest BCUT2D eigenvalue weighted by molar-refractivity contribution is 0.119. The Hall–Kier alpha value is -1.60. The van der Waals surface area contributed by atoms with Crippen LogP contribution in [0.3, 0.4) is 0 Å². The van der Waals surface area contributed by atoms with Crippen LogP contribution >= 0.6 is 11.3 Å². The van der Waals surface area contributed by atoms with E-state index >= 15 is 0 Å². The van der Waals surface area contributed by atoms with Gasteiger partial charge in [0, 0.05) is 64.3 Å². The van der Waals surface area contributed by atoms with Gasteiger partial charge in [-0.25, -0.2) is 9.78 Å². The van der Waals surface area contributed by atoms with Crippen molar-refractivity contribution in [1.29, 1.82) is 0 Å². The van der Waals surface area contributed by atoms with Crippen LogP contribution in [0.4, 0.5) is 4.79 Å². The first-order chi connectivity index (χ1) is 11.1. The summed E-state index contributed by atoms with van der Waals surface area (Å²) >= 11 is 1.71. The molecule has 2 fully saturated rings. The smallest absolute Gasteiger partial charge is 0.319 e. The molecule has 0 atom stereocenters. The molecule has 1 aliphatic heterocycles. The number of aromatic nitrogens is 2. The molecule has 2 aromatic rings. The van der Waals surface area contributed by atoms with Crippen LogP contribution in [0.25, 0.3) is 4.96 Å². The third-order valence-corrected chi connectivity index (χ3v) is 5.51. The molecule has 4 rings (SSSR count). The molecular formula is C16H23N5OS. The molecule has 6 nitrogen and oxygen atoms in total. The molecule has 0 unspecified atom stereocenters. The van der Waals surface area contributed by atoms with Crippen LogP contribution in [0, 0.1) is 0 Å². The molecular weight excluding hydrogens is 310 g/mol. The van der Waals surface area contributed by atoms with Crippen molar-refractivity contribution in [2.75, 3.05) is 40.3 Å². The molecule has 2 amide bonds. The zero-order valence-corrected chi connectivity index (χ0v) is 14.6. The maximum absolute atomic E-state index is 12.0. The predicted octanol–water partition coefficient (Wildman–Crippen LogP) is 2.07. The Morgan fingerprint density at radius 1 is 1.30 bits per heavy atom. The van der Waals surface area contributed by atoms with Crippen LogP contribution in [0.1, 0.15) is 30.1 Å². The summed E-state index contributed by atoms with van der Waals surface area (Å²) in [6, 6.07) is 0.118. The molecule has 124 valence electrons. The number of piperazine rings is 1. The van der Waals surface area contributed by atoms with E-state index in [0.717, 1.165) is 37.7 Å². The lowest BCUT2D eigenvalue weighted by Gasteiger charge is -2.35. The average Bonchev–Trinajstić information content (AvgIpc) is 3.19. The number of urea groups is 1. The summed E-state index contributed by atoms with van der Waals surface area (Å²) in [5.41, 5.74) is 2.67. The minimum absolute atomic E-state index is 0.118. The van der Waals surface area contributed by atoms with Crippen LogP contribution in [0.15, 0.2) is 11.6 Å². The van der Waals surface area contributed by atoms with Crippen molar-refractivity contribution in [3.05, 3.63) is 23.0 Å². The summed E-state index contributed by atoms with van der Waals surface area (Å²) in [5, 5.41) is 2.11. The molecule has 2 aromatic heterocycles. The lowest BCUT2D eigenvalue weighted by atomic mass is 10.2. The number of nitrogens with zero attached hydrogens (tertiary/aromatic N) is 5. The molecule has 0 N–H and O–H groups in total. The number of hydrogen-bond acceptors (Lipinski definition) is 4. The number of imidazole rings is 1. The Kier molecular flexibility index (Phi) is 3.77. The Balaban J connectivity index is 1.46. The van der Waals surface area contributed by atoms with Crippen molar-refractivity contribution >= 4 is 22.3 Å². The Labute approximate surface area is 140 Å². The molecule has 1 saturated heterocycles. The Morgan fingerprint density at radius 3 is 2.70 bits per heavy atom. The lowest BCUT2D eigenvalue weighted by Crippen LogP contribution is -2.51. The molecule has 23 heavy (non-hydrogen) atoms. The Bertz CT molecular complexity index is 709. The van der Waals surface area contributed by atoms with E-state index in [-0.39, 0.29) is 6.03 Å². The maximum atomic E-state index is 12.0. The first-order valence-electron chi connectivity index (χ1n) is 8.26. The zero-order chi connectivity index (χ0) is 16.0. The van der Waals surface area contributed by atoms with E-state index in [4.69, 9.17) is 4.98 Å². The molecule has 0 aromatic carbocycles. The van der Waals surface area contributed by atoms with Gasteiger partial charge in [0.05, 0.1) is 11.4 Å². The molecule has 0 bridgehead atoms. The van der Waals surface area contributed by atoms with Crippen molar-refractivity contribution < 1.29 is 4.79 Å². The van der Waals surface area contributed by atoms with Crippen molar-refractivity contribution in [2.45, 2.75) is 25.3 Å². The highest BCUT2D eigenvalue weighted by Gasteiger charge is 2.31. The van der Waals surface area contributed by atoms with Crippen LogP contribution in [0.5, 0.6) is 0 Å². The van der Waals surface area contributed by atoms with Gasteiger partial charge in [-0.15, -0.1) is 11.3 Å². The van der Waals surface area contributed by atoms with Crippen LogP contribution in [0.2, 0.25) is 0 Å². The largest absolute Gasteiger partial charge is 0.331 e. The number of fused-ring (bicyclic) bond motifs is 1. The zero-order valence-electron chi connectivity index (χ0n) is 13.7. The van der Waals surface area contributed by atoms with E-state index in [1.54, 1.807) is 16.2 Å². The fourth-order valence-corrected chi connectivity index (χ4v) is 4.02. The summed E-state index contributed by atoms with van der Waals surface area (Å²) in [6.45, 7) is 4.42. The van der Waals surface area contributed by atoms with Crippen LogP contribution in [-0.2, 0) is 6.54 Å². The summed E-state index contributed by atoms with van der Waals surface area (Å²) in [4.78, 5) is 24.0. The van der Waals surface area contributed by atoms with Gasteiger partial charge in [-0.1, -0.05) is 0 Å². The highest BCUT2D eigenvalue weighted by molar-refractivity contribution is 7.15. The summed E-state index contributed by atoms with van der Waals surface area (Å²) in [5.74, 6) is 0.675. The standard InChI is InChI=1S/C16H23N5OS/c1-18(2)16(22)20-7-5-19(6-8-20)11-13-14(12-3-4-12)17-15-21(13)9-10-23-15/h9-10,12H,3-8,11H2,1-2H3. The number of carbonyl (C=O) groups excluding carboxylic acids is 1. The van der Waals surface area contributed by atoms with Gasteiger partial charge < -0.3 is 9.80 Å². The maximum Gasteiger partial charge on any atom is 0.319 e. The Morgan fingerprint density at radius 2 is 2.04 bits per heavy atom. The molecule has 7 heteroatoms. The minimum atomic E-state index is 0.118. The predicted molar refractivity (Wildman–Crippen MR) is 91.0 cm³/mol. The number of thiazole rings is 1. The quantitative estimate of drug-likeness (QED) is 0.864. The van der Waals surface area contributed by atoms with Crippen LogP contribution < -0.4 is 0 Å². The number of amides is 2. The SMILES string of the molecule is CN(C)C(=O)N1CCN(Cc2c(C3CC3)nc3sccn23)CC1. The summed E-state index contributed by atoms with van der Waals surface area (Å²) in [6.07, 6.45) is 4.70. The normalized spacial score (nSPS) is 19.5. The third-order valence-electron chi connectivity index (χ3n) is 4.75. The third kappa shape index (κ3) is 2.83. The van der Waals surface area contributed by atoms with Gasteiger partial charge in [0.2, 0.25) is 0 Å². The summed E-state index contributed by atoms with van der Waals surface area (Å²) < 4.78 is 2.26. The van der Waals surface area contributed by atoms with Gasteiger partial charge in [-0.05, 0) is 12.8 Å². The van der Waals surface area contributed by atoms with E-state index < -0.39 is 0 Å². The topological polar surface area (TPSA) is 44.1 Å². The van der Waals surface area contributed by atoms with E-state index in [9.17, 15) is 4.79 Å². The molecule has 1 saturated carbocycles. The first-order valence-corrected chi connectivity index (χ1v) is 9.14. The molecule has 2 aliphatic rings. The molecule has 1 aliphatic carbocycles. The minimum Gasteiger partial charge on any atom is -0.331 e. The van der Waals surface area contributed by atoms with Crippen molar-refractivity contribution in [3.63, 3.8) is 0 Å². The van der Waals surface area contributed by atoms with Crippen molar-refractivity contribution in [2.24, 2.45) is 0 Å². The van der Waals surface area contributed by atoms with Gasteiger partial charge in [0.25, 0.3) is 0 Å². The van der Waals surface area contributed by atoms with Crippen molar-refractivity contribution in [3.8, 4) is 0 Å². The van der Waals surface area contributed by atoms with Gasteiger partial charge in [0.15, 0.2) is 4.96 Å². The van der Waals surface area contributed by atoms with E-state index in [1.165, 1.54) is 24.2 Å². The molecule has 0 spiro atoms. The van der Waals surface area contributed by atoms with E-state index in [1.807, 2.05) is 19.0 Å². The highest BCUT2D eigenvalue weighted by Crippen LogP contribution is 2.42. The summed E-state index contributed by atoms with van der Waals surface area (Å²) in [7, 11) is 3.63. The molecule has 3 heterocycles. The van der Waals surface area contributed by atoms with E-state index in [2.05, 4.69) is 20.9 Å². The van der Waals surface area contributed by atoms with Gasteiger partial charge in [0.1, 0.15) is 0 Å². The first kappa shape index (κ1) is 15.0. The second-order valence-corrected chi connectivity index (χ2v) is 7.59. The average molecular weight is 333 g/mol. The second-order valence-electron chi connectivity index (χ2n) is 6.71. The number of carbonyl (C=O) groups is 1. The fourth-order valence-electron chi connectivity index (χ4n) is 3.28. The van der Waals surface area contributed by atoms with Crippen molar-refractivity contribution in [1.82, 2.24) is 24.1 Å². The monoisotopic (exact) mass is 333 g/mol. The molecule has 0 radical (unpaired) electrons. The van der Waals surface area contributed by atoms with Gasteiger partial charge >= 0.3 is 6.03 Å². The fraction of sp³-hybridized carbons (Fsp3) is 0.625. The van der Waals surface area contributed by atoms with Gasteiger partial charge in [-0.3, -0.25) is 9.30 Å². The van der Waals surface area contributed by atoms with Crippen LogP contribution in [-0.4, -0.2) is 70.4 Å². The van der Waals surface area contributed by atoms with Gasteiger partial charge in [-0.2, -0.15) is 0 Å².